The highest BCUT2D eigenvalue weighted by Crippen LogP contribution is 2.12. The van der Waals surface area contributed by atoms with E-state index in [1.807, 2.05) is 12.2 Å². The fourth-order valence-corrected chi connectivity index (χ4v) is 2.11. The summed E-state index contributed by atoms with van der Waals surface area (Å²) in [6.45, 7) is 3.94. The van der Waals surface area contributed by atoms with Crippen LogP contribution in [0.25, 0.3) is 0 Å². The zero-order valence-electron chi connectivity index (χ0n) is 14.6. The van der Waals surface area contributed by atoms with Crippen molar-refractivity contribution in [2.75, 3.05) is 0 Å². The Hall–Kier alpha value is -1.58. The van der Waals surface area contributed by atoms with Crippen molar-refractivity contribution in [2.24, 2.45) is 0 Å². The minimum Gasteiger partial charge on any atom is -0.481 e. The molecule has 132 valence electrons. The molecule has 23 heavy (non-hydrogen) atoms. The van der Waals surface area contributed by atoms with E-state index in [0.29, 0.717) is 12.8 Å². The molecule has 0 aliphatic heterocycles. The van der Waals surface area contributed by atoms with Crippen molar-refractivity contribution in [2.45, 2.75) is 84.2 Å². The number of ether oxygens (including phenoxy) is 1. The van der Waals surface area contributed by atoms with Crippen molar-refractivity contribution in [3.8, 4) is 0 Å². The van der Waals surface area contributed by atoms with Crippen molar-refractivity contribution in [1.29, 1.82) is 0 Å². The van der Waals surface area contributed by atoms with Gasteiger partial charge in [0.05, 0.1) is 0 Å². The second-order valence-corrected chi connectivity index (χ2v) is 5.65. The van der Waals surface area contributed by atoms with E-state index in [2.05, 4.69) is 19.1 Å². The Balaban J connectivity index is 4.06. The van der Waals surface area contributed by atoms with Crippen LogP contribution in [-0.4, -0.2) is 23.1 Å². The van der Waals surface area contributed by atoms with Crippen molar-refractivity contribution in [3.63, 3.8) is 0 Å². The number of carbonyl (C=O) groups excluding carboxylic acids is 1. The zero-order chi connectivity index (χ0) is 17.3. The Bertz CT molecular complexity index is 372. The van der Waals surface area contributed by atoms with Crippen molar-refractivity contribution in [1.82, 2.24) is 0 Å². The lowest BCUT2D eigenvalue weighted by Crippen LogP contribution is -2.15. The molecule has 0 saturated heterocycles. The van der Waals surface area contributed by atoms with Gasteiger partial charge in [-0.3, -0.25) is 9.59 Å². The number of aliphatic carboxylic acids is 1. The Morgan fingerprint density at radius 2 is 1.78 bits per heavy atom. The number of carboxylic acid groups (broad SMARTS) is 1. The van der Waals surface area contributed by atoms with E-state index >= 15 is 0 Å². The highest BCUT2D eigenvalue weighted by molar-refractivity contribution is 5.69. The molecule has 0 heterocycles. The van der Waals surface area contributed by atoms with Gasteiger partial charge >= 0.3 is 11.9 Å². The molecule has 0 aromatic heterocycles. The molecular weight excluding hydrogens is 292 g/mol. The fourth-order valence-electron chi connectivity index (χ4n) is 2.11. The first-order valence-electron chi connectivity index (χ1n) is 8.83. The molecule has 1 atom stereocenters. The Labute approximate surface area is 140 Å². The van der Waals surface area contributed by atoms with Crippen LogP contribution in [0, 0.1) is 0 Å². The maximum absolute atomic E-state index is 11.5. The molecule has 0 aliphatic carbocycles. The number of hydrogen-bond donors (Lipinski definition) is 1. The first-order valence-corrected chi connectivity index (χ1v) is 8.83. The third kappa shape index (κ3) is 15.1. The standard InChI is InChI=1S/C19H32O4/c1-3-5-6-7-8-11-14-17(23-19(22)4-2)15-12-9-10-13-16-18(20)21/h6-7,11,14,17H,3-5,8-10,12-13,15-16H2,1-2H3,(H,20,21)/b7-6-,14-11-. The number of esters is 1. The second-order valence-electron chi connectivity index (χ2n) is 5.65. The summed E-state index contributed by atoms with van der Waals surface area (Å²) < 4.78 is 5.43. The largest absolute Gasteiger partial charge is 0.481 e. The van der Waals surface area contributed by atoms with Gasteiger partial charge in [0.2, 0.25) is 0 Å². The van der Waals surface area contributed by atoms with E-state index in [-0.39, 0.29) is 18.5 Å². The summed E-state index contributed by atoms with van der Waals surface area (Å²) in [4.78, 5) is 21.9. The van der Waals surface area contributed by atoms with Gasteiger partial charge in [-0.1, -0.05) is 51.3 Å². The van der Waals surface area contributed by atoms with Gasteiger partial charge in [-0.25, -0.2) is 0 Å². The first kappa shape index (κ1) is 21.4. The number of unbranched alkanes of at least 4 members (excludes halogenated alkanes) is 4. The van der Waals surface area contributed by atoms with Crippen LogP contribution >= 0.6 is 0 Å². The molecule has 0 aromatic carbocycles. The maximum atomic E-state index is 11.5. The molecule has 4 heteroatoms. The lowest BCUT2D eigenvalue weighted by Gasteiger charge is -2.13. The summed E-state index contributed by atoms with van der Waals surface area (Å²) in [5, 5.41) is 8.59. The molecular formula is C19H32O4. The summed E-state index contributed by atoms with van der Waals surface area (Å²) in [6.07, 6.45) is 16.2. The van der Waals surface area contributed by atoms with Gasteiger partial charge in [-0.05, 0) is 38.2 Å². The van der Waals surface area contributed by atoms with Crippen LogP contribution in [0.5, 0.6) is 0 Å². The summed E-state index contributed by atoms with van der Waals surface area (Å²) >= 11 is 0. The van der Waals surface area contributed by atoms with Gasteiger partial charge < -0.3 is 9.84 Å². The predicted octanol–water partition coefficient (Wildman–Crippen LogP) is 5.04. The Morgan fingerprint density at radius 1 is 1.04 bits per heavy atom. The number of hydrogen-bond acceptors (Lipinski definition) is 3. The van der Waals surface area contributed by atoms with Gasteiger partial charge in [0.15, 0.2) is 0 Å². The van der Waals surface area contributed by atoms with Crippen molar-refractivity contribution in [3.05, 3.63) is 24.3 Å². The molecule has 0 rings (SSSR count). The highest BCUT2D eigenvalue weighted by atomic mass is 16.5. The quantitative estimate of drug-likeness (QED) is 0.276. The molecule has 0 amide bonds. The average Bonchev–Trinajstić information content (AvgIpc) is 2.53. The molecule has 4 nitrogen and oxygen atoms in total. The van der Waals surface area contributed by atoms with Crippen LogP contribution in [0.4, 0.5) is 0 Å². The minimum absolute atomic E-state index is 0.165. The predicted molar refractivity (Wildman–Crippen MR) is 93.3 cm³/mol. The third-order valence-corrected chi connectivity index (χ3v) is 3.45. The fraction of sp³-hybridized carbons (Fsp3) is 0.684. The van der Waals surface area contributed by atoms with Crippen LogP contribution < -0.4 is 0 Å². The molecule has 0 aromatic rings. The van der Waals surface area contributed by atoms with Gasteiger partial charge in [-0.15, -0.1) is 0 Å². The molecule has 1 N–H and O–H groups in total. The highest BCUT2D eigenvalue weighted by Gasteiger charge is 2.09. The number of carbonyl (C=O) groups is 2. The van der Waals surface area contributed by atoms with Crippen LogP contribution in [0.15, 0.2) is 24.3 Å². The summed E-state index contributed by atoms with van der Waals surface area (Å²) in [7, 11) is 0. The van der Waals surface area contributed by atoms with Crippen LogP contribution in [0.2, 0.25) is 0 Å². The van der Waals surface area contributed by atoms with E-state index in [9.17, 15) is 9.59 Å². The summed E-state index contributed by atoms with van der Waals surface area (Å²) in [5.74, 6) is -0.911. The average molecular weight is 324 g/mol. The van der Waals surface area contributed by atoms with Crippen LogP contribution in [0.3, 0.4) is 0 Å². The number of allylic oxidation sites excluding steroid dienone is 3. The number of carboxylic acids is 1. The van der Waals surface area contributed by atoms with E-state index in [0.717, 1.165) is 44.9 Å². The Kier molecular flexibility index (Phi) is 14.3. The molecule has 0 spiro atoms. The van der Waals surface area contributed by atoms with E-state index in [1.165, 1.54) is 0 Å². The van der Waals surface area contributed by atoms with Crippen LogP contribution in [0.1, 0.15) is 78.1 Å². The second kappa shape index (κ2) is 15.3. The minimum atomic E-state index is -0.737. The normalized spacial score (nSPS) is 12.8. The van der Waals surface area contributed by atoms with Crippen LogP contribution in [-0.2, 0) is 14.3 Å². The molecule has 0 fully saturated rings. The van der Waals surface area contributed by atoms with Gasteiger partial charge in [-0.2, -0.15) is 0 Å². The first-order chi connectivity index (χ1) is 11.1. The van der Waals surface area contributed by atoms with E-state index in [4.69, 9.17) is 9.84 Å². The summed E-state index contributed by atoms with van der Waals surface area (Å²) in [5.41, 5.74) is 0. The van der Waals surface area contributed by atoms with Crippen molar-refractivity contribution >= 4 is 11.9 Å². The maximum Gasteiger partial charge on any atom is 0.306 e. The molecule has 0 radical (unpaired) electrons. The van der Waals surface area contributed by atoms with Crippen molar-refractivity contribution < 1.29 is 19.4 Å². The topological polar surface area (TPSA) is 63.6 Å². The van der Waals surface area contributed by atoms with Gasteiger partial charge in [0.1, 0.15) is 6.10 Å². The number of rotatable bonds is 14. The van der Waals surface area contributed by atoms with E-state index < -0.39 is 5.97 Å². The smallest absolute Gasteiger partial charge is 0.306 e. The SMILES string of the molecule is CCC/C=C\C/C=C\C(CCCCCCC(=O)O)OC(=O)CC. The van der Waals surface area contributed by atoms with Gasteiger partial charge in [0, 0.05) is 12.8 Å². The van der Waals surface area contributed by atoms with E-state index in [1.54, 1.807) is 6.92 Å². The molecule has 1 unspecified atom stereocenters. The lowest BCUT2D eigenvalue weighted by molar-refractivity contribution is -0.146. The monoisotopic (exact) mass is 324 g/mol. The molecule has 0 saturated carbocycles. The zero-order valence-corrected chi connectivity index (χ0v) is 14.6. The van der Waals surface area contributed by atoms with Gasteiger partial charge in [0.25, 0.3) is 0 Å². The molecule has 0 aliphatic rings. The Morgan fingerprint density at radius 3 is 2.43 bits per heavy atom. The third-order valence-electron chi connectivity index (χ3n) is 3.45. The lowest BCUT2D eigenvalue weighted by atomic mass is 10.1. The summed E-state index contributed by atoms with van der Waals surface area (Å²) in [6, 6.07) is 0. The molecule has 0 bridgehead atoms.